The van der Waals surface area contributed by atoms with Crippen molar-refractivity contribution in [3.8, 4) is 5.75 Å². The summed E-state index contributed by atoms with van der Waals surface area (Å²) >= 11 is 1.47. The number of aromatic hydroxyl groups is 1. The summed E-state index contributed by atoms with van der Waals surface area (Å²) < 4.78 is 0. The van der Waals surface area contributed by atoms with E-state index in [0.29, 0.717) is 5.56 Å². The molecule has 0 bridgehead atoms. The van der Waals surface area contributed by atoms with Gasteiger partial charge in [0.05, 0.1) is 11.2 Å². The molecule has 0 fully saturated rings. The molecule has 3 nitrogen and oxygen atoms in total. The fraction of sp³-hybridized carbons (Fsp3) is 0. The fourth-order valence-corrected chi connectivity index (χ4v) is 1.93. The topological polar surface area (TPSA) is 45.5 Å². The van der Waals surface area contributed by atoms with E-state index in [1.54, 1.807) is 24.5 Å². The number of phenols is 1. The van der Waals surface area contributed by atoms with Gasteiger partial charge >= 0.3 is 28.7 Å². The number of para-hydroxylation sites is 2. The first kappa shape index (κ1) is 18.4. The minimum atomic E-state index is 0. The first-order valence-electron chi connectivity index (χ1n) is 6.19. The molecule has 0 aliphatic rings. The second-order valence-corrected chi connectivity index (χ2v) is 4.17. The summed E-state index contributed by atoms with van der Waals surface area (Å²) in [6.07, 6.45) is 3.40. The Morgan fingerprint density at radius 3 is 2.50 bits per heavy atom. The van der Waals surface area contributed by atoms with Gasteiger partial charge in [-0.2, -0.15) is 0 Å². The van der Waals surface area contributed by atoms with Gasteiger partial charge in [0.2, 0.25) is 0 Å². The molecule has 5 heteroatoms. The third-order valence-corrected chi connectivity index (χ3v) is 2.89. The number of aromatic nitrogens is 1. The summed E-state index contributed by atoms with van der Waals surface area (Å²) in [6.45, 7) is 0. The van der Waals surface area contributed by atoms with Crippen LogP contribution in [0.15, 0.2) is 65.8 Å². The number of hydrogen-bond acceptors (Lipinski definition) is 3. The molecule has 1 N–H and O–H groups in total. The molecule has 0 atom stereocenters. The zero-order chi connectivity index (χ0) is 15.1. The Hall–Kier alpha value is -1.68. The van der Waals surface area contributed by atoms with Crippen LogP contribution in [0.1, 0.15) is 5.56 Å². The summed E-state index contributed by atoms with van der Waals surface area (Å²) in [7, 11) is 4.64. The van der Waals surface area contributed by atoms with E-state index in [0.717, 1.165) is 16.6 Å². The zero-order valence-electron chi connectivity index (χ0n) is 12.1. The number of phenolic OH excluding ortho intramolecular Hbond substituents is 1. The van der Waals surface area contributed by atoms with E-state index in [4.69, 9.17) is 0 Å². The van der Waals surface area contributed by atoms with E-state index in [1.165, 1.54) is 19.4 Å². The predicted molar refractivity (Wildman–Crippen MR) is 89.4 cm³/mol. The van der Waals surface area contributed by atoms with Crippen molar-refractivity contribution >= 4 is 32.1 Å². The maximum absolute atomic E-state index is 9.69. The van der Waals surface area contributed by atoms with Crippen LogP contribution in [0.5, 0.6) is 5.75 Å². The normalized spacial score (nSPS) is 9.82. The molecule has 2 aromatic carbocycles. The Labute approximate surface area is 146 Å². The van der Waals surface area contributed by atoms with Crippen molar-refractivity contribution in [1.29, 1.82) is 0 Å². The summed E-state index contributed by atoms with van der Waals surface area (Å²) in [5.41, 5.74) is 2.34. The molecule has 3 aromatic rings. The molecule has 1 aromatic heterocycles. The number of benzene rings is 2. The fourth-order valence-electron chi connectivity index (χ4n) is 1.93. The third kappa shape index (κ3) is 4.41. The molecule has 3 rings (SSSR count). The monoisotopic (exact) mass is 346 g/mol. The van der Waals surface area contributed by atoms with Crippen molar-refractivity contribution in [2.75, 3.05) is 0 Å². The van der Waals surface area contributed by atoms with Gasteiger partial charge in [0.15, 0.2) is 0 Å². The van der Waals surface area contributed by atoms with E-state index in [2.05, 4.69) is 19.3 Å². The van der Waals surface area contributed by atoms with Crippen LogP contribution in [-0.2, 0) is 19.4 Å². The first-order valence-corrected chi connectivity index (χ1v) is 8.34. The van der Waals surface area contributed by atoms with Crippen LogP contribution in [0.25, 0.3) is 10.9 Å². The molecule has 0 unspecified atom stereocenters. The number of aliphatic imine (C=N–C) groups is 1. The van der Waals surface area contributed by atoms with Gasteiger partial charge in [-0.05, 0) is 24.3 Å². The molecular formula is C17H15ClN2OTi. The van der Waals surface area contributed by atoms with Crippen LogP contribution in [0.3, 0.4) is 0 Å². The number of halogens is 1. The number of hydrogen-bond donors (Lipinski definition) is 1. The van der Waals surface area contributed by atoms with Crippen molar-refractivity contribution in [1.82, 2.24) is 4.98 Å². The predicted octanol–water partition coefficient (Wildman–Crippen LogP) is 4.83. The van der Waals surface area contributed by atoms with Crippen molar-refractivity contribution in [2.24, 2.45) is 4.99 Å². The molecule has 1 heterocycles. The molecule has 0 aliphatic heterocycles. The van der Waals surface area contributed by atoms with Gasteiger partial charge in [0.1, 0.15) is 5.75 Å². The second-order valence-electron chi connectivity index (χ2n) is 4.17. The summed E-state index contributed by atoms with van der Waals surface area (Å²) in [5.74, 6) is 0.222. The standard InChI is InChI=1S/C16H12N2O.CH3.ClH.Ti/c19-15-9-2-1-5-13(15)11-18-14-8-3-6-12-7-4-10-17-16(12)14;;;/h1-11,19H;1H3;1H;/q;-1;;+2/p-1. The summed E-state index contributed by atoms with van der Waals surface area (Å²) in [5, 5.41) is 10.7. The van der Waals surface area contributed by atoms with E-state index < -0.39 is 0 Å². The average molecular weight is 347 g/mol. The van der Waals surface area contributed by atoms with E-state index >= 15 is 0 Å². The molecular weight excluding hydrogens is 332 g/mol. The quantitative estimate of drug-likeness (QED) is 0.410. The molecule has 22 heavy (non-hydrogen) atoms. The Kier molecular flexibility index (Phi) is 7.82. The number of rotatable bonds is 2. The minimum absolute atomic E-state index is 0. The van der Waals surface area contributed by atoms with E-state index in [-0.39, 0.29) is 13.2 Å². The van der Waals surface area contributed by atoms with Crippen LogP contribution in [0.2, 0.25) is 0 Å². The Morgan fingerprint density at radius 1 is 1.00 bits per heavy atom. The van der Waals surface area contributed by atoms with Crippen LogP contribution < -0.4 is 0 Å². The van der Waals surface area contributed by atoms with Gasteiger partial charge in [0, 0.05) is 23.4 Å². The molecule has 0 spiro atoms. The van der Waals surface area contributed by atoms with Crippen LogP contribution in [0.4, 0.5) is 5.69 Å². The summed E-state index contributed by atoms with van der Waals surface area (Å²) in [4.78, 5) is 8.76. The Balaban J connectivity index is 0.000000775. The van der Waals surface area contributed by atoms with Crippen molar-refractivity contribution in [2.45, 2.75) is 0 Å². The maximum atomic E-state index is 9.69. The van der Waals surface area contributed by atoms with Crippen LogP contribution >= 0.6 is 9.30 Å². The van der Waals surface area contributed by atoms with Crippen molar-refractivity contribution in [3.05, 3.63) is 73.8 Å². The Morgan fingerprint density at radius 2 is 1.73 bits per heavy atom. The number of pyridine rings is 1. The van der Waals surface area contributed by atoms with Gasteiger partial charge < -0.3 is 12.5 Å². The first-order chi connectivity index (χ1) is 10.3. The molecule has 110 valence electrons. The van der Waals surface area contributed by atoms with Crippen LogP contribution in [0, 0.1) is 7.43 Å². The summed E-state index contributed by atoms with van der Waals surface area (Å²) in [6, 6.07) is 16.9. The van der Waals surface area contributed by atoms with E-state index in [9.17, 15) is 5.11 Å². The van der Waals surface area contributed by atoms with Gasteiger partial charge in [-0.3, -0.25) is 9.98 Å². The van der Waals surface area contributed by atoms with Crippen molar-refractivity contribution < 1.29 is 24.5 Å². The number of nitrogens with zero attached hydrogens (tertiary/aromatic N) is 2. The Bertz CT molecular complexity index is 757. The van der Waals surface area contributed by atoms with Gasteiger partial charge in [-0.1, -0.05) is 30.3 Å². The van der Waals surface area contributed by atoms with Crippen LogP contribution in [-0.4, -0.2) is 16.3 Å². The van der Waals surface area contributed by atoms with Gasteiger partial charge in [-0.25, -0.2) is 0 Å². The van der Waals surface area contributed by atoms with Crippen molar-refractivity contribution in [3.63, 3.8) is 0 Å². The molecule has 0 saturated carbocycles. The van der Waals surface area contributed by atoms with Gasteiger partial charge in [-0.15, -0.1) is 0 Å². The average Bonchev–Trinajstić information content (AvgIpc) is 2.56. The molecule has 0 radical (unpaired) electrons. The molecule has 0 aliphatic carbocycles. The molecule has 0 saturated heterocycles. The van der Waals surface area contributed by atoms with E-state index in [1.807, 2.05) is 42.5 Å². The van der Waals surface area contributed by atoms with Gasteiger partial charge in [0.25, 0.3) is 0 Å². The third-order valence-electron chi connectivity index (χ3n) is 2.89. The zero-order valence-corrected chi connectivity index (χ0v) is 14.4. The SMILES string of the molecule is Oc1ccccc1C=Nc1cccc2cccnc12.[CH3-].[Cl][Ti+]. The number of fused-ring (bicyclic) bond motifs is 1. The second kappa shape index (κ2) is 9.36. The molecule has 0 amide bonds.